The van der Waals surface area contributed by atoms with Crippen molar-refractivity contribution in [2.24, 2.45) is 16.1 Å². The number of amides is 1. The van der Waals surface area contributed by atoms with Crippen LogP contribution in [0.1, 0.15) is 63.1 Å². The molecule has 1 atom stereocenters. The van der Waals surface area contributed by atoms with Gasteiger partial charge in [0, 0.05) is 18.6 Å². The van der Waals surface area contributed by atoms with E-state index >= 15 is 0 Å². The van der Waals surface area contributed by atoms with Crippen molar-refractivity contribution in [3.63, 3.8) is 0 Å². The van der Waals surface area contributed by atoms with Crippen molar-refractivity contribution in [1.29, 1.82) is 0 Å². The van der Waals surface area contributed by atoms with Crippen molar-refractivity contribution in [3.05, 3.63) is 34.9 Å². The molecule has 0 radical (unpaired) electrons. The topological polar surface area (TPSA) is 67.9 Å². The number of hydrogen-bond donors (Lipinski definition) is 1. The van der Waals surface area contributed by atoms with E-state index in [2.05, 4.69) is 25.1 Å². The molecule has 1 fully saturated rings. The molecule has 2 N–H and O–H groups in total. The highest BCUT2D eigenvalue weighted by atomic mass is 16.5. The molecule has 3 aliphatic rings. The monoisotopic (exact) mass is 369 g/mol. The Hall–Kier alpha value is -1.88. The first kappa shape index (κ1) is 18.5. The molecule has 5 heteroatoms. The third-order valence-electron chi connectivity index (χ3n) is 7.07. The van der Waals surface area contributed by atoms with Crippen LogP contribution in [0.25, 0.3) is 0 Å². The Morgan fingerprint density at radius 3 is 2.59 bits per heavy atom. The van der Waals surface area contributed by atoms with Crippen molar-refractivity contribution in [1.82, 2.24) is 4.90 Å². The molecular formula is C22H31N3O2. The highest BCUT2D eigenvalue weighted by molar-refractivity contribution is 6.08. The number of guanidine groups is 1. The smallest absolute Gasteiger partial charge is 0.262 e. The number of nitrogens with two attached hydrogens (primary N) is 1. The molecule has 0 saturated heterocycles. The number of ether oxygens (including phenoxy) is 1. The first-order valence-electron chi connectivity index (χ1n) is 10.2. The zero-order valence-corrected chi connectivity index (χ0v) is 16.9. The van der Waals surface area contributed by atoms with Gasteiger partial charge in [0.2, 0.25) is 0 Å². The second-order valence-corrected chi connectivity index (χ2v) is 8.69. The van der Waals surface area contributed by atoms with Gasteiger partial charge in [0.1, 0.15) is 0 Å². The summed E-state index contributed by atoms with van der Waals surface area (Å²) >= 11 is 0. The molecule has 146 valence electrons. The van der Waals surface area contributed by atoms with Crippen LogP contribution in [0.15, 0.2) is 23.2 Å². The third-order valence-corrected chi connectivity index (χ3v) is 7.07. The summed E-state index contributed by atoms with van der Waals surface area (Å²) in [5, 5.41) is 0. The highest BCUT2D eigenvalue weighted by Gasteiger charge is 2.66. The van der Waals surface area contributed by atoms with Crippen molar-refractivity contribution in [3.8, 4) is 0 Å². The van der Waals surface area contributed by atoms with Gasteiger partial charge in [-0.1, -0.05) is 25.1 Å². The van der Waals surface area contributed by atoms with Crippen LogP contribution in [0.4, 0.5) is 0 Å². The number of benzene rings is 1. The van der Waals surface area contributed by atoms with E-state index in [1.54, 1.807) is 12.0 Å². The summed E-state index contributed by atoms with van der Waals surface area (Å²) in [7, 11) is 1.78. The SMILES string of the molecule is CCc1ccc2c(c1)C1(N=C(N)N(C(C)C)C1=O)[C@]1(CC[C@H](OC)CC1)C2. The molecule has 2 aliphatic carbocycles. The molecule has 1 aliphatic heterocycles. The molecule has 2 spiro atoms. The third kappa shape index (κ3) is 2.40. The van der Waals surface area contributed by atoms with Crippen molar-refractivity contribution in [2.45, 2.75) is 77.0 Å². The number of hydrogen-bond acceptors (Lipinski definition) is 4. The maximum atomic E-state index is 13.9. The Kier molecular flexibility index (Phi) is 4.34. The average molecular weight is 370 g/mol. The molecule has 1 aromatic rings. The summed E-state index contributed by atoms with van der Waals surface area (Å²) in [4.78, 5) is 20.6. The van der Waals surface area contributed by atoms with E-state index in [-0.39, 0.29) is 23.5 Å². The standard InChI is InChI=1S/C22H31N3O2/c1-5-15-6-7-16-13-21(10-8-17(27-4)9-11-21)22(18(16)12-15)19(26)25(14(2)3)20(23)24-22/h6-7,12,14,17H,5,8-11,13H2,1-4H3,(H2,23,24)/t17-,21-,22?. The van der Waals surface area contributed by atoms with Gasteiger partial charge in [-0.15, -0.1) is 0 Å². The quantitative estimate of drug-likeness (QED) is 0.890. The fourth-order valence-electron chi connectivity index (χ4n) is 5.60. The first-order valence-corrected chi connectivity index (χ1v) is 10.2. The zero-order valence-electron chi connectivity index (χ0n) is 16.9. The minimum Gasteiger partial charge on any atom is -0.381 e. The summed E-state index contributed by atoms with van der Waals surface area (Å²) in [5.41, 5.74) is 8.88. The molecule has 1 saturated carbocycles. The van der Waals surface area contributed by atoms with Crippen LogP contribution in [0.5, 0.6) is 0 Å². The number of methoxy groups -OCH3 is 1. The van der Waals surface area contributed by atoms with Gasteiger partial charge >= 0.3 is 0 Å². The van der Waals surface area contributed by atoms with Crippen molar-refractivity contribution < 1.29 is 9.53 Å². The molecule has 1 amide bonds. The molecule has 5 nitrogen and oxygen atoms in total. The lowest BCUT2D eigenvalue weighted by Crippen LogP contribution is -2.53. The minimum absolute atomic E-state index is 0.00592. The summed E-state index contributed by atoms with van der Waals surface area (Å²) < 4.78 is 5.61. The van der Waals surface area contributed by atoms with Crippen molar-refractivity contribution >= 4 is 11.9 Å². The van der Waals surface area contributed by atoms with Crippen LogP contribution in [-0.2, 0) is 27.9 Å². The number of aliphatic imine (C=N–C) groups is 1. The van der Waals surface area contributed by atoms with E-state index in [1.165, 1.54) is 11.1 Å². The molecule has 0 aromatic heterocycles. The summed E-state index contributed by atoms with van der Waals surface area (Å²) in [6, 6.07) is 6.63. The Morgan fingerprint density at radius 1 is 1.33 bits per heavy atom. The van der Waals surface area contributed by atoms with E-state index in [1.807, 2.05) is 13.8 Å². The second kappa shape index (κ2) is 6.33. The predicted molar refractivity (Wildman–Crippen MR) is 107 cm³/mol. The maximum Gasteiger partial charge on any atom is 0.262 e. The van der Waals surface area contributed by atoms with E-state index in [0.717, 1.165) is 44.1 Å². The van der Waals surface area contributed by atoms with E-state index in [4.69, 9.17) is 15.5 Å². The van der Waals surface area contributed by atoms with E-state index < -0.39 is 5.54 Å². The lowest BCUT2D eigenvalue weighted by molar-refractivity contribution is -0.139. The van der Waals surface area contributed by atoms with Gasteiger partial charge in [-0.2, -0.15) is 0 Å². The second-order valence-electron chi connectivity index (χ2n) is 8.69. The van der Waals surface area contributed by atoms with Gasteiger partial charge in [0.05, 0.1) is 6.10 Å². The number of carbonyl (C=O) groups is 1. The van der Waals surface area contributed by atoms with Gasteiger partial charge in [0.15, 0.2) is 11.5 Å². The van der Waals surface area contributed by atoms with Gasteiger partial charge < -0.3 is 10.5 Å². The molecule has 27 heavy (non-hydrogen) atoms. The van der Waals surface area contributed by atoms with Crippen LogP contribution < -0.4 is 5.73 Å². The molecule has 4 rings (SSSR count). The van der Waals surface area contributed by atoms with Gasteiger partial charge in [-0.25, -0.2) is 4.99 Å². The molecular weight excluding hydrogens is 338 g/mol. The predicted octanol–water partition coefficient (Wildman–Crippen LogP) is 3.14. The normalized spacial score (nSPS) is 32.6. The Balaban J connectivity index is 1.89. The Labute approximate surface area is 162 Å². The van der Waals surface area contributed by atoms with Crippen LogP contribution in [-0.4, -0.2) is 36.0 Å². The van der Waals surface area contributed by atoms with Crippen LogP contribution in [0.2, 0.25) is 0 Å². The molecule has 1 unspecified atom stereocenters. The highest BCUT2D eigenvalue weighted by Crippen LogP contribution is 2.62. The number of rotatable bonds is 3. The summed E-state index contributed by atoms with van der Waals surface area (Å²) in [5.74, 6) is 0.441. The van der Waals surface area contributed by atoms with Crippen molar-refractivity contribution in [2.75, 3.05) is 7.11 Å². The average Bonchev–Trinajstić information content (AvgIpc) is 3.08. The summed E-state index contributed by atoms with van der Waals surface area (Å²) in [6.45, 7) is 6.16. The minimum atomic E-state index is -0.861. The molecule has 1 aromatic carbocycles. The molecule has 1 heterocycles. The lowest BCUT2D eigenvalue weighted by atomic mass is 9.61. The lowest BCUT2D eigenvalue weighted by Gasteiger charge is -2.45. The Morgan fingerprint density at radius 2 is 2.04 bits per heavy atom. The number of aryl methyl sites for hydroxylation is 1. The number of fused-ring (bicyclic) bond motifs is 3. The van der Waals surface area contributed by atoms with Gasteiger partial charge in [0.25, 0.3) is 5.91 Å². The fraction of sp³-hybridized carbons (Fsp3) is 0.636. The Bertz CT molecular complexity index is 793. The summed E-state index contributed by atoms with van der Waals surface area (Å²) in [6.07, 6.45) is 5.95. The fourth-order valence-corrected chi connectivity index (χ4v) is 5.60. The maximum absolute atomic E-state index is 13.9. The van der Waals surface area contributed by atoms with E-state index in [9.17, 15) is 4.79 Å². The largest absolute Gasteiger partial charge is 0.381 e. The van der Waals surface area contributed by atoms with Gasteiger partial charge in [-0.3, -0.25) is 9.69 Å². The van der Waals surface area contributed by atoms with Crippen LogP contribution in [0, 0.1) is 5.41 Å². The number of carbonyl (C=O) groups excluding carboxylic acids is 1. The first-order chi connectivity index (χ1) is 12.9. The van der Waals surface area contributed by atoms with Gasteiger partial charge in [-0.05, 0) is 69.1 Å². The molecule has 0 bridgehead atoms. The van der Waals surface area contributed by atoms with E-state index in [0.29, 0.717) is 5.96 Å². The van der Waals surface area contributed by atoms with Crippen LogP contribution in [0.3, 0.4) is 0 Å². The number of nitrogens with zero attached hydrogens (tertiary/aromatic N) is 2. The van der Waals surface area contributed by atoms with Crippen LogP contribution >= 0.6 is 0 Å². The zero-order chi connectivity index (χ0) is 19.4.